The topological polar surface area (TPSA) is 102 Å². The summed E-state index contributed by atoms with van der Waals surface area (Å²) in [6, 6.07) is 6.01. The summed E-state index contributed by atoms with van der Waals surface area (Å²) in [6.45, 7) is 8.56. The first-order valence-corrected chi connectivity index (χ1v) is 13.5. The summed E-state index contributed by atoms with van der Waals surface area (Å²) in [5.74, 6) is -0.0526. The Labute approximate surface area is 206 Å². The van der Waals surface area contributed by atoms with E-state index >= 15 is 0 Å². The van der Waals surface area contributed by atoms with E-state index in [1.165, 1.54) is 0 Å². The SMILES string of the molecule is Cc1ccc(C(=O)NC2CC2)cc1-c1cnn(-c2cnn3c2CN(S(=O)(=O)C(C)(C)C)CCC3)c1. The molecule has 1 fully saturated rings. The minimum absolute atomic E-state index is 0.0526. The van der Waals surface area contributed by atoms with Gasteiger partial charge in [0.25, 0.3) is 5.91 Å². The van der Waals surface area contributed by atoms with Crippen molar-refractivity contribution < 1.29 is 13.2 Å². The normalized spacial score (nSPS) is 17.1. The van der Waals surface area contributed by atoms with Gasteiger partial charge in [0.05, 0.1) is 29.4 Å². The van der Waals surface area contributed by atoms with Gasteiger partial charge in [-0.15, -0.1) is 0 Å². The Balaban J connectivity index is 1.46. The van der Waals surface area contributed by atoms with Crippen LogP contribution in [0.5, 0.6) is 0 Å². The maximum absolute atomic E-state index is 13.2. The monoisotopic (exact) mass is 496 g/mol. The number of carbonyl (C=O) groups excluding carboxylic acids is 1. The van der Waals surface area contributed by atoms with E-state index in [0.29, 0.717) is 31.1 Å². The standard InChI is InChI=1S/C25H32N6O3S/c1-17-6-7-18(24(32)28-20-8-9-20)12-21(17)19-13-26-31(15-19)22-14-27-30-11-5-10-29(16-23(22)30)35(33,34)25(2,3)4/h6-7,12-15,20H,5,8-11,16H2,1-4H3,(H,28,32). The minimum atomic E-state index is -3.48. The second-order valence-electron chi connectivity index (χ2n) is 10.5. The number of hydrogen-bond donors (Lipinski definition) is 1. The van der Waals surface area contributed by atoms with Crippen molar-refractivity contribution in [2.45, 2.75) is 70.8 Å². The Morgan fingerprint density at radius 1 is 1.11 bits per heavy atom. The predicted octanol–water partition coefficient (Wildman–Crippen LogP) is 3.27. The highest BCUT2D eigenvalue weighted by atomic mass is 32.2. The molecule has 0 radical (unpaired) electrons. The van der Waals surface area contributed by atoms with Crippen LogP contribution in [0.2, 0.25) is 0 Å². The minimum Gasteiger partial charge on any atom is -0.349 e. The lowest BCUT2D eigenvalue weighted by Gasteiger charge is -2.28. The lowest BCUT2D eigenvalue weighted by atomic mass is 10.0. The molecular formula is C25H32N6O3S. The highest BCUT2D eigenvalue weighted by Crippen LogP contribution is 2.29. The molecule has 10 heteroatoms. The van der Waals surface area contributed by atoms with Crippen LogP contribution in [0, 0.1) is 6.92 Å². The van der Waals surface area contributed by atoms with Crippen molar-refractivity contribution in [3.63, 3.8) is 0 Å². The molecule has 1 aliphatic heterocycles. The molecule has 0 saturated heterocycles. The molecule has 0 bridgehead atoms. The maximum atomic E-state index is 13.2. The zero-order chi connectivity index (χ0) is 25.0. The van der Waals surface area contributed by atoms with Crippen LogP contribution in [0.3, 0.4) is 0 Å². The molecule has 1 saturated carbocycles. The van der Waals surface area contributed by atoms with Gasteiger partial charge < -0.3 is 5.32 Å². The number of aromatic nitrogens is 4. The van der Waals surface area contributed by atoms with Crippen molar-refractivity contribution in [3.05, 3.63) is 53.6 Å². The predicted molar refractivity (Wildman–Crippen MR) is 134 cm³/mol. The van der Waals surface area contributed by atoms with Crippen molar-refractivity contribution in [2.24, 2.45) is 0 Å². The second-order valence-corrected chi connectivity index (χ2v) is 13.1. The summed E-state index contributed by atoms with van der Waals surface area (Å²) in [5.41, 5.74) is 5.08. The largest absolute Gasteiger partial charge is 0.349 e. The molecule has 1 amide bonds. The van der Waals surface area contributed by atoms with Crippen LogP contribution in [0.4, 0.5) is 0 Å². The fourth-order valence-corrected chi connectivity index (χ4v) is 5.78. The van der Waals surface area contributed by atoms with Gasteiger partial charge >= 0.3 is 0 Å². The number of carbonyl (C=O) groups is 1. The van der Waals surface area contributed by atoms with E-state index < -0.39 is 14.8 Å². The Kier molecular flexibility index (Phi) is 5.83. The molecule has 1 N–H and O–H groups in total. The third-order valence-corrected chi connectivity index (χ3v) is 9.24. The first kappa shape index (κ1) is 23.7. The summed E-state index contributed by atoms with van der Waals surface area (Å²) in [5, 5.41) is 12.1. The van der Waals surface area contributed by atoms with Crippen molar-refractivity contribution in [3.8, 4) is 16.8 Å². The third-order valence-electron chi connectivity index (χ3n) is 6.70. The van der Waals surface area contributed by atoms with E-state index in [1.807, 2.05) is 36.0 Å². The van der Waals surface area contributed by atoms with Gasteiger partial charge in [0.15, 0.2) is 0 Å². The summed E-state index contributed by atoms with van der Waals surface area (Å²) < 4.78 is 30.6. The summed E-state index contributed by atoms with van der Waals surface area (Å²) >= 11 is 0. The summed E-state index contributed by atoms with van der Waals surface area (Å²) in [4.78, 5) is 12.6. The Hall–Kier alpha value is -2.98. The molecule has 9 nitrogen and oxygen atoms in total. The van der Waals surface area contributed by atoms with Crippen LogP contribution in [0.25, 0.3) is 16.8 Å². The summed E-state index contributed by atoms with van der Waals surface area (Å²) in [6.07, 6.45) is 8.21. The van der Waals surface area contributed by atoms with Crippen LogP contribution in [0.1, 0.15) is 61.6 Å². The number of hydrogen-bond acceptors (Lipinski definition) is 5. The lowest BCUT2D eigenvalue weighted by Crippen LogP contribution is -2.42. The van der Waals surface area contributed by atoms with Gasteiger partial charge in [-0.25, -0.2) is 13.1 Å². The van der Waals surface area contributed by atoms with Crippen LogP contribution in [-0.4, -0.2) is 55.5 Å². The van der Waals surface area contributed by atoms with E-state index in [2.05, 4.69) is 15.5 Å². The Bertz CT molecular complexity index is 1380. The smallest absolute Gasteiger partial charge is 0.251 e. The van der Waals surface area contributed by atoms with Crippen LogP contribution in [-0.2, 0) is 23.1 Å². The molecular weight excluding hydrogens is 464 g/mol. The number of fused-ring (bicyclic) bond motifs is 1. The molecule has 1 aromatic carbocycles. The van der Waals surface area contributed by atoms with Gasteiger partial charge in [-0.05, 0) is 70.2 Å². The van der Waals surface area contributed by atoms with Gasteiger partial charge in [0.2, 0.25) is 10.0 Å². The average molecular weight is 497 g/mol. The molecule has 0 atom stereocenters. The fourth-order valence-electron chi connectivity index (χ4n) is 4.35. The van der Waals surface area contributed by atoms with Gasteiger partial charge in [-0.1, -0.05) is 6.07 Å². The number of benzene rings is 1. The number of amides is 1. The number of aryl methyl sites for hydroxylation is 2. The van der Waals surface area contributed by atoms with Gasteiger partial charge in [-0.3, -0.25) is 9.48 Å². The number of nitrogens with zero attached hydrogens (tertiary/aromatic N) is 5. The molecule has 0 spiro atoms. The highest BCUT2D eigenvalue weighted by molar-refractivity contribution is 7.90. The van der Waals surface area contributed by atoms with Gasteiger partial charge in [-0.2, -0.15) is 14.5 Å². The first-order chi connectivity index (χ1) is 16.5. The molecule has 0 unspecified atom stereocenters. The van der Waals surface area contributed by atoms with Crippen LogP contribution in [0.15, 0.2) is 36.8 Å². The van der Waals surface area contributed by atoms with Crippen LogP contribution >= 0.6 is 0 Å². The number of sulfonamides is 1. The lowest BCUT2D eigenvalue weighted by molar-refractivity contribution is 0.0951. The van der Waals surface area contributed by atoms with Crippen molar-refractivity contribution in [1.29, 1.82) is 0 Å². The average Bonchev–Trinajstić information content (AvgIpc) is 3.40. The van der Waals surface area contributed by atoms with E-state index in [9.17, 15) is 13.2 Å². The molecule has 2 aliphatic rings. The number of nitrogens with one attached hydrogen (secondary N) is 1. The fraction of sp³-hybridized carbons (Fsp3) is 0.480. The number of rotatable bonds is 5. The van der Waals surface area contributed by atoms with E-state index in [4.69, 9.17) is 0 Å². The molecule has 3 aromatic rings. The van der Waals surface area contributed by atoms with E-state index in [0.717, 1.165) is 40.9 Å². The molecule has 5 rings (SSSR count). The highest BCUT2D eigenvalue weighted by Gasteiger charge is 2.37. The second kappa shape index (κ2) is 8.60. The van der Waals surface area contributed by atoms with Gasteiger partial charge in [0.1, 0.15) is 5.69 Å². The molecule has 35 heavy (non-hydrogen) atoms. The zero-order valence-electron chi connectivity index (χ0n) is 20.7. The van der Waals surface area contributed by atoms with Crippen molar-refractivity contribution >= 4 is 15.9 Å². The Morgan fingerprint density at radius 3 is 2.60 bits per heavy atom. The molecule has 3 heterocycles. The van der Waals surface area contributed by atoms with E-state index in [1.54, 1.807) is 42.2 Å². The molecule has 2 aromatic heterocycles. The van der Waals surface area contributed by atoms with Crippen molar-refractivity contribution in [1.82, 2.24) is 29.2 Å². The molecule has 186 valence electrons. The quantitative estimate of drug-likeness (QED) is 0.584. The van der Waals surface area contributed by atoms with Crippen LogP contribution < -0.4 is 5.32 Å². The molecule has 1 aliphatic carbocycles. The maximum Gasteiger partial charge on any atom is 0.251 e. The Morgan fingerprint density at radius 2 is 1.89 bits per heavy atom. The zero-order valence-corrected chi connectivity index (χ0v) is 21.5. The van der Waals surface area contributed by atoms with Gasteiger partial charge in [0, 0.05) is 36.5 Å². The van der Waals surface area contributed by atoms with Crippen molar-refractivity contribution in [2.75, 3.05) is 6.54 Å². The summed E-state index contributed by atoms with van der Waals surface area (Å²) in [7, 11) is -3.48. The van der Waals surface area contributed by atoms with E-state index in [-0.39, 0.29) is 12.5 Å². The third kappa shape index (κ3) is 4.52. The first-order valence-electron chi connectivity index (χ1n) is 12.1.